The quantitative estimate of drug-likeness (QED) is 0.627. The van der Waals surface area contributed by atoms with Gasteiger partial charge in [0.25, 0.3) is 5.56 Å². The molecule has 12 heteroatoms. The fourth-order valence-corrected chi connectivity index (χ4v) is 2.80. The van der Waals surface area contributed by atoms with E-state index >= 15 is 0 Å². The number of nitrogens with one attached hydrogen (secondary N) is 1. The van der Waals surface area contributed by atoms with Crippen LogP contribution in [0.15, 0.2) is 40.2 Å². The first-order valence-corrected chi connectivity index (χ1v) is 8.73. The summed E-state index contributed by atoms with van der Waals surface area (Å²) in [5.41, 5.74) is -0.138. The smallest absolute Gasteiger partial charge is 0.422 e. The summed E-state index contributed by atoms with van der Waals surface area (Å²) in [6.07, 6.45) is -3.12. The van der Waals surface area contributed by atoms with Crippen molar-refractivity contribution in [2.24, 2.45) is 14.1 Å². The maximum atomic E-state index is 12.4. The molecular weight excluding hydrogens is 407 g/mol. The number of halogens is 3. The topological polar surface area (TPSA) is 100 Å². The first kappa shape index (κ1) is 21.1. The Hall–Kier alpha value is -3.57. The van der Waals surface area contributed by atoms with Crippen LogP contribution in [-0.2, 0) is 32.0 Å². The number of rotatable bonds is 6. The Bertz CT molecular complexity index is 1190. The molecule has 0 unspecified atom stereocenters. The minimum atomic E-state index is -4.42. The van der Waals surface area contributed by atoms with Gasteiger partial charge in [-0.15, -0.1) is 0 Å². The second-order valence-corrected chi connectivity index (χ2v) is 6.57. The third-order valence-electron chi connectivity index (χ3n) is 4.35. The normalized spacial score (nSPS) is 11.6. The van der Waals surface area contributed by atoms with Gasteiger partial charge in [-0.25, -0.2) is 9.78 Å². The van der Waals surface area contributed by atoms with Crippen LogP contribution < -0.4 is 21.3 Å². The largest absolute Gasteiger partial charge is 0.484 e. The molecule has 0 radical (unpaired) electrons. The summed E-state index contributed by atoms with van der Waals surface area (Å²) < 4.78 is 44.6. The van der Waals surface area contributed by atoms with E-state index in [9.17, 15) is 27.6 Å². The number of aryl methyl sites for hydroxylation is 1. The van der Waals surface area contributed by atoms with Crippen LogP contribution in [0.25, 0.3) is 11.2 Å². The van der Waals surface area contributed by atoms with Crippen molar-refractivity contribution in [1.82, 2.24) is 24.0 Å². The highest BCUT2D eigenvalue weighted by Crippen LogP contribution is 2.18. The number of hydrogen-bond acceptors (Lipinski definition) is 5. The average molecular weight is 425 g/mol. The number of benzene rings is 1. The van der Waals surface area contributed by atoms with Crippen LogP contribution in [0.4, 0.5) is 13.2 Å². The Balaban J connectivity index is 1.64. The summed E-state index contributed by atoms with van der Waals surface area (Å²) >= 11 is 0. The Labute approximate surface area is 167 Å². The van der Waals surface area contributed by atoms with Gasteiger partial charge in [-0.2, -0.15) is 13.2 Å². The molecule has 1 N–H and O–H groups in total. The van der Waals surface area contributed by atoms with Crippen LogP contribution in [0.5, 0.6) is 5.75 Å². The molecule has 0 aliphatic rings. The van der Waals surface area contributed by atoms with Crippen molar-refractivity contribution >= 4 is 17.1 Å². The van der Waals surface area contributed by atoms with E-state index < -0.39 is 29.9 Å². The zero-order chi connectivity index (χ0) is 22.1. The summed E-state index contributed by atoms with van der Waals surface area (Å²) in [6.45, 7) is -1.45. The first-order chi connectivity index (χ1) is 14.1. The summed E-state index contributed by atoms with van der Waals surface area (Å²) in [5.74, 6) is -0.351. The number of carbonyl (C=O) groups is 1. The third-order valence-corrected chi connectivity index (χ3v) is 4.35. The average Bonchev–Trinajstić information content (AvgIpc) is 3.11. The molecule has 30 heavy (non-hydrogen) atoms. The highest BCUT2D eigenvalue weighted by molar-refractivity contribution is 5.78. The Morgan fingerprint density at radius 2 is 1.80 bits per heavy atom. The molecule has 0 atom stereocenters. The van der Waals surface area contributed by atoms with E-state index in [-0.39, 0.29) is 30.0 Å². The predicted octanol–water partition coefficient (Wildman–Crippen LogP) is 0.691. The number of aromatic nitrogens is 4. The van der Waals surface area contributed by atoms with Gasteiger partial charge in [-0.1, -0.05) is 12.1 Å². The maximum absolute atomic E-state index is 12.4. The molecule has 0 fully saturated rings. The highest BCUT2D eigenvalue weighted by Gasteiger charge is 2.28. The summed E-state index contributed by atoms with van der Waals surface area (Å²) in [4.78, 5) is 40.6. The van der Waals surface area contributed by atoms with Gasteiger partial charge in [-0.05, 0) is 17.7 Å². The number of alkyl halides is 3. The monoisotopic (exact) mass is 425 g/mol. The van der Waals surface area contributed by atoms with Crippen molar-refractivity contribution in [2.75, 3.05) is 6.61 Å². The SMILES string of the molecule is Cn1c(=O)c2c(ncn2CC(=O)NCc2ccc(OCC(F)(F)F)cc2)n(C)c1=O. The van der Waals surface area contributed by atoms with Crippen LogP contribution in [0, 0.1) is 0 Å². The molecule has 9 nitrogen and oxygen atoms in total. The zero-order valence-corrected chi connectivity index (χ0v) is 16.1. The van der Waals surface area contributed by atoms with Gasteiger partial charge in [0, 0.05) is 20.6 Å². The Morgan fingerprint density at radius 1 is 1.13 bits per heavy atom. The van der Waals surface area contributed by atoms with E-state index in [4.69, 9.17) is 0 Å². The molecule has 0 saturated heterocycles. The van der Waals surface area contributed by atoms with E-state index in [1.165, 1.54) is 53.8 Å². The molecule has 0 saturated carbocycles. The van der Waals surface area contributed by atoms with Crippen molar-refractivity contribution < 1.29 is 22.7 Å². The van der Waals surface area contributed by atoms with Crippen LogP contribution in [0.3, 0.4) is 0 Å². The molecular formula is C18H18F3N5O4. The zero-order valence-electron chi connectivity index (χ0n) is 16.1. The summed E-state index contributed by atoms with van der Waals surface area (Å²) in [5, 5.41) is 2.65. The molecule has 2 heterocycles. The van der Waals surface area contributed by atoms with Crippen LogP contribution in [-0.4, -0.2) is 37.4 Å². The number of nitrogens with zero attached hydrogens (tertiary/aromatic N) is 4. The molecule has 1 aromatic carbocycles. The predicted molar refractivity (Wildman–Crippen MR) is 100 cm³/mol. The fourth-order valence-electron chi connectivity index (χ4n) is 2.80. The van der Waals surface area contributed by atoms with Gasteiger partial charge in [0.1, 0.15) is 12.3 Å². The fraction of sp³-hybridized carbons (Fsp3) is 0.333. The number of ether oxygens (including phenoxy) is 1. The van der Waals surface area contributed by atoms with E-state index in [2.05, 4.69) is 15.0 Å². The van der Waals surface area contributed by atoms with Crippen molar-refractivity contribution in [1.29, 1.82) is 0 Å². The molecule has 0 bridgehead atoms. The lowest BCUT2D eigenvalue weighted by Crippen LogP contribution is -2.38. The highest BCUT2D eigenvalue weighted by atomic mass is 19.4. The lowest BCUT2D eigenvalue weighted by atomic mass is 10.2. The van der Waals surface area contributed by atoms with Gasteiger partial charge in [0.15, 0.2) is 17.8 Å². The summed E-state index contributed by atoms with van der Waals surface area (Å²) in [7, 11) is 2.81. The van der Waals surface area contributed by atoms with Gasteiger partial charge in [0.05, 0.1) is 6.33 Å². The molecule has 0 spiro atoms. The maximum Gasteiger partial charge on any atom is 0.422 e. The van der Waals surface area contributed by atoms with Crippen molar-refractivity contribution in [3.8, 4) is 5.75 Å². The van der Waals surface area contributed by atoms with E-state index in [0.29, 0.717) is 5.56 Å². The molecule has 0 aliphatic heterocycles. The molecule has 1 amide bonds. The molecule has 3 aromatic rings. The van der Waals surface area contributed by atoms with Gasteiger partial charge >= 0.3 is 11.9 Å². The molecule has 160 valence electrons. The van der Waals surface area contributed by atoms with Crippen molar-refractivity contribution in [3.63, 3.8) is 0 Å². The van der Waals surface area contributed by atoms with Crippen molar-refractivity contribution in [3.05, 3.63) is 57.0 Å². The standard InChI is InChI=1S/C18H18F3N5O4/c1-24-15-14(16(28)25(2)17(24)29)26(10-23-15)8-13(27)22-7-11-3-5-12(6-4-11)30-9-18(19,20)21/h3-6,10H,7-9H2,1-2H3,(H,22,27). The minimum absolute atomic E-state index is 0.0637. The number of carbonyl (C=O) groups excluding carboxylic acids is 1. The minimum Gasteiger partial charge on any atom is -0.484 e. The second-order valence-electron chi connectivity index (χ2n) is 6.57. The molecule has 0 aliphatic carbocycles. The van der Waals surface area contributed by atoms with Crippen LogP contribution in [0.1, 0.15) is 5.56 Å². The Kier molecular flexibility index (Phi) is 5.67. The van der Waals surface area contributed by atoms with E-state index in [0.717, 1.165) is 4.57 Å². The van der Waals surface area contributed by atoms with Gasteiger partial charge in [0.2, 0.25) is 5.91 Å². The number of hydrogen-bond donors (Lipinski definition) is 1. The second kappa shape index (κ2) is 8.05. The number of amides is 1. The van der Waals surface area contributed by atoms with Crippen LogP contribution in [0.2, 0.25) is 0 Å². The van der Waals surface area contributed by atoms with Crippen LogP contribution >= 0.6 is 0 Å². The van der Waals surface area contributed by atoms with Gasteiger partial charge < -0.3 is 14.6 Å². The molecule has 3 rings (SSSR count). The summed E-state index contributed by atoms with van der Waals surface area (Å²) in [6, 6.07) is 5.82. The van der Waals surface area contributed by atoms with Crippen molar-refractivity contribution in [2.45, 2.75) is 19.3 Å². The third kappa shape index (κ3) is 4.53. The number of fused-ring (bicyclic) bond motifs is 1. The number of imidazole rings is 1. The molecule has 2 aromatic heterocycles. The first-order valence-electron chi connectivity index (χ1n) is 8.73. The lowest BCUT2D eigenvalue weighted by Gasteiger charge is -2.10. The van der Waals surface area contributed by atoms with Gasteiger partial charge in [-0.3, -0.25) is 18.7 Å². The van der Waals surface area contributed by atoms with E-state index in [1.807, 2.05) is 0 Å². The lowest BCUT2D eigenvalue weighted by molar-refractivity contribution is -0.153. The Morgan fingerprint density at radius 3 is 2.43 bits per heavy atom. The van der Waals surface area contributed by atoms with E-state index in [1.54, 1.807) is 0 Å².